The molecule has 5 nitrogen and oxygen atoms in total. The lowest BCUT2D eigenvalue weighted by molar-refractivity contribution is -0.141. The van der Waals surface area contributed by atoms with Crippen LogP contribution in [0.2, 0.25) is 0 Å². The minimum absolute atomic E-state index is 0.0788. The van der Waals surface area contributed by atoms with Crippen molar-refractivity contribution in [3.8, 4) is 5.75 Å². The third-order valence-electron chi connectivity index (χ3n) is 7.77. The zero-order valence-corrected chi connectivity index (χ0v) is 23.2. The molecule has 0 spiro atoms. The first kappa shape index (κ1) is 27.6. The van der Waals surface area contributed by atoms with Gasteiger partial charge >= 0.3 is 0 Å². The molecule has 2 aromatic carbocycles. The first-order chi connectivity index (χ1) is 17.6. The molecule has 0 bridgehead atoms. The summed E-state index contributed by atoms with van der Waals surface area (Å²) in [5, 5.41) is 3.40. The summed E-state index contributed by atoms with van der Waals surface area (Å²) in [6, 6.07) is 15.6. The normalized spacial score (nSPS) is 20.7. The molecule has 6 heteroatoms. The molecule has 2 fully saturated rings. The van der Waals surface area contributed by atoms with Crippen molar-refractivity contribution in [2.75, 3.05) is 32.7 Å². The first-order valence-corrected chi connectivity index (χ1v) is 13.9. The van der Waals surface area contributed by atoms with Crippen molar-refractivity contribution >= 4 is 5.91 Å². The average Bonchev–Trinajstić information content (AvgIpc) is 2.86. The van der Waals surface area contributed by atoms with Crippen molar-refractivity contribution in [2.24, 2.45) is 11.3 Å². The Bertz CT molecular complexity index is 1030. The van der Waals surface area contributed by atoms with Crippen LogP contribution in [0.25, 0.3) is 0 Å². The molecule has 2 atom stereocenters. The van der Waals surface area contributed by atoms with Gasteiger partial charge in [0.05, 0.1) is 12.1 Å². The summed E-state index contributed by atoms with van der Waals surface area (Å²) in [4.78, 5) is 18.1. The van der Waals surface area contributed by atoms with Crippen LogP contribution in [0.4, 0.5) is 4.39 Å². The van der Waals surface area contributed by atoms with Crippen LogP contribution in [0, 0.1) is 17.2 Å². The minimum Gasteiger partial charge on any atom is -0.488 e. The summed E-state index contributed by atoms with van der Waals surface area (Å²) >= 11 is 0. The highest BCUT2D eigenvalue weighted by Crippen LogP contribution is 2.37. The number of benzene rings is 2. The number of hydrogen-bond acceptors (Lipinski definition) is 4. The number of piperidine rings is 1. The lowest BCUT2D eigenvalue weighted by Gasteiger charge is -2.49. The molecule has 2 heterocycles. The third-order valence-corrected chi connectivity index (χ3v) is 7.77. The molecule has 0 radical (unpaired) electrons. The van der Waals surface area contributed by atoms with E-state index in [1.54, 1.807) is 12.1 Å². The number of halogens is 1. The van der Waals surface area contributed by atoms with Crippen LogP contribution in [0.5, 0.6) is 5.75 Å². The number of nitrogens with one attached hydrogen (secondary N) is 1. The fourth-order valence-corrected chi connectivity index (χ4v) is 5.81. The molecule has 37 heavy (non-hydrogen) atoms. The zero-order valence-electron chi connectivity index (χ0n) is 23.2. The summed E-state index contributed by atoms with van der Waals surface area (Å²) in [6.07, 6.45) is 2.70. The molecule has 1 N–H and O–H groups in total. The number of rotatable bonds is 7. The van der Waals surface area contributed by atoms with Crippen molar-refractivity contribution < 1.29 is 13.9 Å². The predicted octanol–water partition coefficient (Wildman–Crippen LogP) is 5.65. The van der Waals surface area contributed by atoms with E-state index in [0.29, 0.717) is 18.9 Å². The smallest absolute Gasteiger partial charge is 0.223 e. The minimum atomic E-state index is -0.338. The molecule has 1 unspecified atom stereocenters. The van der Waals surface area contributed by atoms with Crippen LogP contribution in [-0.4, -0.2) is 60.6 Å². The number of hydrogen-bond donors (Lipinski definition) is 1. The first-order valence-electron chi connectivity index (χ1n) is 13.9. The third kappa shape index (κ3) is 6.91. The lowest BCUT2D eigenvalue weighted by Crippen LogP contribution is -2.60. The van der Waals surface area contributed by atoms with Crippen LogP contribution in [0.3, 0.4) is 0 Å². The number of ether oxygens (including phenoxy) is 1. The number of piperazine rings is 1. The van der Waals surface area contributed by atoms with Crippen molar-refractivity contribution in [1.82, 2.24) is 15.1 Å². The van der Waals surface area contributed by atoms with Crippen LogP contribution in [0.1, 0.15) is 71.0 Å². The Labute approximate surface area is 222 Å². The molecule has 2 aromatic rings. The van der Waals surface area contributed by atoms with E-state index in [2.05, 4.69) is 48.0 Å². The second-order valence-corrected chi connectivity index (χ2v) is 12.0. The van der Waals surface area contributed by atoms with Crippen molar-refractivity contribution in [1.29, 1.82) is 0 Å². The molecule has 1 amide bonds. The SMILES string of the molecule is CC(C)Oc1ccc(C(c2ccccc2)N2CCN(C(=O)CC3CCNCC3)[C@@H](C(C)(C)C)C2)cc1F. The summed E-state index contributed by atoms with van der Waals surface area (Å²) in [5.74, 6) is 0.699. The summed E-state index contributed by atoms with van der Waals surface area (Å²) < 4.78 is 20.8. The van der Waals surface area contributed by atoms with Crippen LogP contribution >= 0.6 is 0 Å². The van der Waals surface area contributed by atoms with E-state index in [1.807, 2.05) is 38.1 Å². The Morgan fingerprint density at radius 3 is 2.38 bits per heavy atom. The summed E-state index contributed by atoms with van der Waals surface area (Å²) in [6.45, 7) is 14.7. The molecule has 202 valence electrons. The largest absolute Gasteiger partial charge is 0.488 e. The fraction of sp³-hybridized carbons (Fsp3) is 0.581. The molecule has 0 saturated carbocycles. The summed E-state index contributed by atoms with van der Waals surface area (Å²) in [5.41, 5.74) is 1.95. The van der Waals surface area contributed by atoms with Gasteiger partial charge in [-0.1, -0.05) is 57.2 Å². The van der Waals surface area contributed by atoms with Crippen molar-refractivity contribution in [3.63, 3.8) is 0 Å². The van der Waals surface area contributed by atoms with Gasteiger partial charge in [-0.15, -0.1) is 0 Å². The van der Waals surface area contributed by atoms with E-state index in [0.717, 1.165) is 50.1 Å². The van der Waals surface area contributed by atoms with E-state index in [-0.39, 0.29) is 41.1 Å². The molecule has 2 saturated heterocycles. The van der Waals surface area contributed by atoms with Crippen LogP contribution in [0.15, 0.2) is 48.5 Å². The highest BCUT2D eigenvalue weighted by molar-refractivity contribution is 5.77. The quantitative estimate of drug-likeness (QED) is 0.524. The molecule has 2 aliphatic rings. The Hall–Kier alpha value is -2.44. The predicted molar refractivity (Wildman–Crippen MR) is 147 cm³/mol. The molecule has 2 aliphatic heterocycles. The van der Waals surface area contributed by atoms with Crippen molar-refractivity contribution in [3.05, 3.63) is 65.5 Å². The molecule has 4 rings (SSSR count). The van der Waals surface area contributed by atoms with Gasteiger partial charge in [-0.2, -0.15) is 0 Å². The maximum Gasteiger partial charge on any atom is 0.223 e. The van der Waals surface area contributed by atoms with Gasteiger partial charge in [-0.25, -0.2) is 4.39 Å². The van der Waals surface area contributed by atoms with Gasteiger partial charge in [-0.3, -0.25) is 9.69 Å². The van der Waals surface area contributed by atoms with E-state index in [9.17, 15) is 4.79 Å². The van der Waals surface area contributed by atoms with Gasteiger partial charge in [-0.05, 0) is 74.4 Å². The monoisotopic (exact) mass is 509 g/mol. The topological polar surface area (TPSA) is 44.8 Å². The van der Waals surface area contributed by atoms with E-state index >= 15 is 4.39 Å². The standard InChI is InChI=1S/C31H44FN3O2/c1-22(2)37-27-12-11-25(20-26(27)32)30(24-9-7-6-8-10-24)34-17-18-35(28(21-34)31(3,4)5)29(36)19-23-13-15-33-16-14-23/h6-12,20,22-23,28,30,33H,13-19,21H2,1-5H3/t28-,30?/m1/s1. The maximum absolute atomic E-state index is 15.1. The molecular formula is C31H44FN3O2. The Kier molecular flexibility index (Phi) is 8.91. The zero-order chi connectivity index (χ0) is 26.6. The summed E-state index contributed by atoms with van der Waals surface area (Å²) in [7, 11) is 0. The van der Waals surface area contributed by atoms with Crippen molar-refractivity contribution in [2.45, 2.75) is 72.1 Å². The highest BCUT2D eigenvalue weighted by atomic mass is 19.1. The van der Waals surface area contributed by atoms with Gasteiger partial charge in [0, 0.05) is 32.1 Å². The molecular weight excluding hydrogens is 465 g/mol. The number of nitrogens with zero attached hydrogens (tertiary/aromatic N) is 2. The van der Waals surface area contributed by atoms with Gasteiger partial charge in [0.2, 0.25) is 5.91 Å². The second kappa shape index (κ2) is 12.0. The second-order valence-electron chi connectivity index (χ2n) is 12.0. The Balaban J connectivity index is 1.60. The maximum atomic E-state index is 15.1. The van der Waals surface area contributed by atoms with Crippen LogP contribution < -0.4 is 10.1 Å². The molecule has 0 aliphatic carbocycles. The molecule has 0 aromatic heterocycles. The fourth-order valence-electron chi connectivity index (χ4n) is 5.81. The van der Waals surface area contributed by atoms with Gasteiger partial charge in [0.1, 0.15) is 0 Å². The number of amides is 1. The average molecular weight is 510 g/mol. The Morgan fingerprint density at radius 2 is 1.76 bits per heavy atom. The number of carbonyl (C=O) groups excluding carboxylic acids is 1. The van der Waals surface area contributed by atoms with Gasteiger partial charge in [0.25, 0.3) is 0 Å². The van der Waals surface area contributed by atoms with Gasteiger partial charge in [0.15, 0.2) is 11.6 Å². The Morgan fingerprint density at radius 1 is 1.05 bits per heavy atom. The lowest BCUT2D eigenvalue weighted by atomic mass is 9.82. The van der Waals surface area contributed by atoms with E-state index in [4.69, 9.17) is 4.74 Å². The van der Waals surface area contributed by atoms with Crippen LogP contribution in [-0.2, 0) is 4.79 Å². The van der Waals surface area contributed by atoms with Gasteiger partial charge < -0.3 is 15.0 Å². The van der Waals surface area contributed by atoms with E-state index in [1.165, 1.54) is 0 Å². The van der Waals surface area contributed by atoms with E-state index < -0.39 is 0 Å². The number of carbonyl (C=O) groups is 1. The highest BCUT2D eigenvalue weighted by Gasteiger charge is 2.40.